The molecule has 2 atom stereocenters. The number of H-pyrrole nitrogens is 1. The van der Waals surface area contributed by atoms with Gasteiger partial charge >= 0.3 is 0 Å². The Morgan fingerprint density at radius 3 is 3.00 bits per heavy atom. The van der Waals surface area contributed by atoms with Gasteiger partial charge in [0.15, 0.2) is 5.16 Å². The molecule has 1 aliphatic carbocycles. The highest BCUT2D eigenvalue weighted by atomic mass is 35.5. The van der Waals surface area contributed by atoms with Gasteiger partial charge in [0.1, 0.15) is 0 Å². The standard InChI is InChI=1S/C19H24ClN3OS/c1-18(2)7-13-8-19(3,10-18)11-23(13)16(24)9-25-17-21-14-5-4-12(20)6-15(14)22-17/h4-6,13H,7-11H2,1-3H3,(H,21,22)/t13-,19-/m1/s1. The first-order valence-electron chi connectivity index (χ1n) is 8.81. The van der Waals surface area contributed by atoms with E-state index in [1.165, 1.54) is 18.2 Å². The highest BCUT2D eigenvalue weighted by Gasteiger charge is 2.50. The second-order valence-corrected chi connectivity index (χ2v) is 10.1. The molecule has 4 nitrogen and oxygen atoms in total. The van der Waals surface area contributed by atoms with Crippen molar-refractivity contribution >= 4 is 40.3 Å². The maximum Gasteiger partial charge on any atom is 0.233 e. The highest BCUT2D eigenvalue weighted by Crippen LogP contribution is 2.52. The van der Waals surface area contributed by atoms with Crippen molar-refractivity contribution in [2.45, 2.75) is 51.2 Å². The molecule has 2 aliphatic rings. The fourth-order valence-corrected chi connectivity index (χ4v) is 5.93. The molecule has 1 N–H and O–H groups in total. The summed E-state index contributed by atoms with van der Waals surface area (Å²) in [7, 11) is 0. The van der Waals surface area contributed by atoms with Crippen molar-refractivity contribution in [3.63, 3.8) is 0 Å². The van der Waals surface area contributed by atoms with Crippen LogP contribution < -0.4 is 0 Å². The van der Waals surface area contributed by atoms with E-state index in [-0.39, 0.29) is 11.3 Å². The second-order valence-electron chi connectivity index (χ2n) is 8.73. The Balaban J connectivity index is 1.43. The monoisotopic (exact) mass is 377 g/mol. The largest absolute Gasteiger partial charge is 0.338 e. The summed E-state index contributed by atoms with van der Waals surface area (Å²) in [5, 5.41) is 1.46. The Hall–Kier alpha value is -1.20. The number of fused-ring (bicyclic) bond motifs is 3. The van der Waals surface area contributed by atoms with Gasteiger partial charge in [-0.1, -0.05) is 44.1 Å². The van der Waals surface area contributed by atoms with E-state index in [1.807, 2.05) is 18.2 Å². The van der Waals surface area contributed by atoms with Gasteiger partial charge in [-0.25, -0.2) is 4.98 Å². The maximum atomic E-state index is 12.8. The van der Waals surface area contributed by atoms with Crippen molar-refractivity contribution in [1.82, 2.24) is 14.9 Å². The summed E-state index contributed by atoms with van der Waals surface area (Å²) in [5.41, 5.74) is 2.40. The first kappa shape index (κ1) is 17.2. The molecular weight excluding hydrogens is 354 g/mol. The number of amides is 1. The minimum atomic E-state index is 0.231. The van der Waals surface area contributed by atoms with Crippen molar-refractivity contribution in [3.8, 4) is 0 Å². The number of likely N-dealkylation sites (tertiary alicyclic amines) is 1. The summed E-state index contributed by atoms with van der Waals surface area (Å²) >= 11 is 7.49. The molecule has 4 rings (SSSR count). The van der Waals surface area contributed by atoms with Crippen LogP contribution in [0.3, 0.4) is 0 Å². The summed E-state index contributed by atoms with van der Waals surface area (Å²) in [4.78, 5) is 22.7. The molecule has 1 aromatic heterocycles. The Bertz CT molecular complexity index is 833. The predicted octanol–water partition coefficient (Wildman–Crippen LogP) is 4.74. The van der Waals surface area contributed by atoms with Gasteiger partial charge in [0.2, 0.25) is 5.91 Å². The molecule has 6 heteroatoms. The van der Waals surface area contributed by atoms with E-state index in [1.54, 1.807) is 0 Å². The number of imidazole rings is 1. The highest BCUT2D eigenvalue weighted by molar-refractivity contribution is 7.99. The number of thioether (sulfide) groups is 1. The van der Waals surface area contributed by atoms with Crippen LogP contribution in [0.1, 0.15) is 40.0 Å². The molecule has 0 unspecified atom stereocenters. The fourth-order valence-electron chi connectivity index (χ4n) is 4.99. The predicted molar refractivity (Wildman–Crippen MR) is 103 cm³/mol. The van der Waals surface area contributed by atoms with Gasteiger partial charge in [0.25, 0.3) is 0 Å². The lowest BCUT2D eigenvalue weighted by atomic mass is 9.65. The second kappa shape index (κ2) is 5.92. The van der Waals surface area contributed by atoms with Crippen molar-refractivity contribution < 1.29 is 4.79 Å². The number of hydrogen-bond acceptors (Lipinski definition) is 3. The maximum absolute atomic E-state index is 12.8. The third-order valence-electron chi connectivity index (χ3n) is 5.49. The first-order valence-corrected chi connectivity index (χ1v) is 10.2. The smallest absolute Gasteiger partial charge is 0.233 e. The summed E-state index contributed by atoms with van der Waals surface area (Å²) in [5.74, 6) is 0.663. The zero-order valence-electron chi connectivity index (χ0n) is 14.9. The van der Waals surface area contributed by atoms with Gasteiger partial charge in [-0.15, -0.1) is 0 Å². The van der Waals surface area contributed by atoms with E-state index < -0.39 is 0 Å². The van der Waals surface area contributed by atoms with Crippen LogP contribution >= 0.6 is 23.4 Å². The van der Waals surface area contributed by atoms with Crippen molar-refractivity contribution in [1.29, 1.82) is 0 Å². The lowest BCUT2D eigenvalue weighted by Crippen LogP contribution is -2.38. The number of aromatic nitrogens is 2. The average molecular weight is 378 g/mol. The normalized spacial score (nSPS) is 27.8. The number of nitrogens with zero attached hydrogens (tertiary/aromatic N) is 2. The first-order chi connectivity index (χ1) is 11.7. The minimum absolute atomic E-state index is 0.231. The van der Waals surface area contributed by atoms with Gasteiger partial charge in [0.05, 0.1) is 16.8 Å². The molecule has 2 fully saturated rings. The van der Waals surface area contributed by atoms with E-state index in [0.29, 0.717) is 22.2 Å². The number of carbonyl (C=O) groups is 1. The van der Waals surface area contributed by atoms with E-state index in [4.69, 9.17) is 11.6 Å². The Morgan fingerprint density at radius 1 is 1.40 bits per heavy atom. The fraction of sp³-hybridized carbons (Fsp3) is 0.579. The van der Waals surface area contributed by atoms with Crippen molar-refractivity contribution in [2.75, 3.05) is 12.3 Å². The third-order valence-corrected chi connectivity index (χ3v) is 6.58. The molecule has 1 aromatic carbocycles. The lowest BCUT2D eigenvalue weighted by Gasteiger charge is -2.39. The summed E-state index contributed by atoms with van der Waals surface area (Å²) in [6.45, 7) is 7.90. The van der Waals surface area contributed by atoms with Gasteiger partial charge in [-0.3, -0.25) is 4.79 Å². The zero-order valence-corrected chi connectivity index (χ0v) is 16.5. The summed E-state index contributed by atoms with van der Waals surface area (Å²) in [6, 6.07) is 5.99. The third kappa shape index (κ3) is 3.41. The van der Waals surface area contributed by atoms with E-state index in [9.17, 15) is 4.79 Å². The van der Waals surface area contributed by atoms with E-state index in [2.05, 4.69) is 35.6 Å². The quantitative estimate of drug-likeness (QED) is 0.786. The minimum Gasteiger partial charge on any atom is -0.338 e. The molecule has 1 aliphatic heterocycles. The lowest BCUT2D eigenvalue weighted by molar-refractivity contribution is -0.129. The topological polar surface area (TPSA) is 49.0 Å². The van der Waals surface area contributed by atoms with Crippen LogP contribution in [0.15, 0.2) is 23.4 Å². The number of halogens is 1. The number of hydrogen-bond donors (Lipinski definition) is 1. The zero-order chi connectivity index (χ0) is 17.8. The van der Waals surface area contributed by atoms with Gasteiger partial charge in [-0.05, 0) is 48.3 Å². The molecule has 2 aromatic rings. The molecule has 1 saturated carbocycles. The molecular formula is C19H24ClN3OS. The number of carbonyl (C=O) groups excluding carboxylic acids is 1. The number of benzene rings is 1. The molecule has 2 heterocycles. The number of nitrogens with one attached hydrogen (secondary N) is 1. The van der Waals surface area contributed by atoms with Gasteiger partial charge in [-0.2, -0.15) is 0 Å². The summed E-state index contributed by atoms with van der Waals surface area (Å²) < 4.78 is 0. The molecule has 2 bridgehead atoms. The van der Waals surface area contributed by atoms with Crippen LogP contribution in [-0.2, 0) is 4.79 Å². The molecule has 0 spiro atoms. The molecule has 1 saturated heterocycles. The Morgan fingerprint density at radius 2 is 2.20 bits per heavy atom. The van der Waals surface area contributed by atoms with Gasteiger partial charge in [0, 0.05) is 17.6 Å². The van der Waals surface area contributed by atoms with Crippen LogP contribution in [0, 0.1) is 10.8 Å². The van der Waals surface area contributed by atoms with Crippen molar-refractivity contribution in [3.05, 3.63) is 23.2 Å². The van der Waals surface area contributed by atoms with E-state index in [0.717, 1.165) is 35.6 Å². The molecule has 25 heavy (non-hydrogen) atoms. The number of aromatic amines is 1. The van der Waals surface area contributed by atoms with Crippen LogP contribution in [0.5, 0.6) is 0 Å². The SMILES string of the molecule is CC1(C)C[C@@H]2C[C@@](C)(CN2C(=O)CSc2nc3ccc(Cl)cc3[nH]2)C1. The average Bonchev–Trinajstić information content (AvgIpc) is 3.01. The van der Waals surface area contributed by atoms with Crippen LogP contribution in [0.4, 0.5) is 0 Å². The number of rotatable bonds is 3. The van der Waals surface area contributed by atoms with Gasteiger partial charge < -0.3 is 9.88 Å². The Kier molecular flexibility index (Phi) is 4.08. The van der Waals surface area contributed by atoms with Crippen molar-refractivity contribution in [2.24, 2.45) is 10.8 Å². The summed E-state index contributed by atoms with van der Waals surface area (Å²) in [6.07, 6.45) is 3.47. The van der Waals surface area contributed by atoms with Crippen LogP contribution in [0.25, 0.3) is 11.0 Å². The molecule has 1 amide bonds. The van der Waals surface area contributed by atoms with Crippen LogP contribution in [-0.4, -0.2) is 39.1 Å². The van der Waals surface area contributed by atoms with E-state index >= 15 is 0 Å². The molecule has 0 radical (unpaired) electrons. The molecule has 134 valence electrons. The Labute approximate surface area is 157 Å². The van der Waals surface area contributed by atoms with Crippen LogP contribution in [0.2, 0.25) is 5.02 Å².